The van der Waals surface area contributed by atoms with Crippen LogP contribution in [0.25, 0.3) is 10.9 Å². The second-order valence-electron chi connectivity index (χ2n) is 4.59. The number of rotatable bonds is 2. The Labute approximate surface area is 128 Å². The van der Waals surface area contributed by atoms with Crippen molar-refractivity contribution in [2.75, 3.05) is 0 Å². The van der Waals surface area contributed by atoms with Gasteiger partial charge in [0.2, 0.25) is 0 Å². The Morgan fingerprint density at radius 3 is 2.38 bits per heavy atom. The van der Waals surface area contributed by atoms with Gasteiger partial charge in [0.15, 0.2) is 0 Å². The Bertz CT molecular complexity index is 802. The van der Waals surface area contributed by atoms with Crippen molar-refractivity contribution in [1.29, 1.82) is 0 Å². The maximum absolute atomic E-state index is 13.8. The zero-order valence-electron chi connectivity index (χ0n) is 10.7. The van der Waals surface area contributed by atoms with Gasteiger partial charge in [0.1, 0.15) is 17.7 Å². The highest BCUT2D eigenvalue weighted by Gasteiger charge is 2.23. The minimum Gasteiger partial charge on any atom is -0.382 e. The van der Waals surface area contributed by atoms with Crippen molar-refractivity contribution >= 4 is 26.8 Å². The fraction of sp³-hybridized carbons (Fsp3) is 0.0625. The molecule has 0 radical (unpaired) electrons. The van der Waals surface area contributed by atoms with Crippen LogP contribution in [0, 0.1) is 11.6 Å². The van der Waals surface area contributed by atoms with E-state index in [1.165, 1.54) is 6.07 Å². The molecule has 3 rings (SSSR count). The van der Waals surface area contributed by atoms with Gasteiger partial charge in [0, 0.05) is 9.86 Å². The Balaban J connectivity index is 2.17. The van der Waals surface area contributed by atoms with E-state index in [0.717, 1.165) is 17.5 Å². The molecular weight excluding hydrogens is 340 g/mol. The summed E-state index contributed by atoms with van der Waals surface area (Å²) in [5.41, 5.74) is 0.421. The molecule has 106 valence electrons. The molecule has 0 saturated carbocycles. The molecule has 1 aromatic heterocycles. The quantitative estimate of drug-likeness (QED) is 0.745. The van der Waals surface area contributed by atoms with E-state index >= 15 is 0 Å². The molecule has 0 amide bonds. The van der Waals surface area contributed by atoms with Gasteiger partial charge in [-0.2, -0.15) is 0 Å². The van der Waals surface area contributed by atoms with E-state index in [4.69, 9.17) is 0 Å². The summed E-state index contributed by atoms with van der Waals surface area (Å²) >= 11 is 3.30. The van der Waals surface area contributed by atoms with Crippen LogP contribution in [0.1, 0.15) is 17.4 Å². The number of halogens is 3. The lowest BCUT2D eigenvalue weighted by atomic mass is 10.0. The maximum Gasteiger partial charge on any atom is 0.132 e. The molecule has 3 aromatic rings. The van der Waals surface area contributed by atoms with Crippen LogP contribution >= 0.6 is 15.9 Å². The van der Waals surface area contributed by atoms with Crippen LogP contribution in [0.15, 0.2) is 53.0 Å². The zero-order valence-corrected chi connectivity index (χ0v) is 12.3. The average Bonchev–Trinajstić information content (AvgIpc) is 2.46. The standard InChI is InChI=1S/C16H10BrF2NO/c17-10-8-9-4-1-2-7-13(9)20-15(10)16(21)14-11(18)5-3-6-12(14)19/h1-8,16,21H. The second-order valence-corrected chi connectivity index (χ2v) is 5.44. The highest BCUT2D eigenvalue weighted by molar-refractivity contribution is 9.10. The molecule has 0 saturated heterocycles. The highest BCUT2D eigenvalue weighted by atomic mass is 79.9. The predicted octanol–water partition coefficient (Wildman–Crippen LogP) is 4.36. The van der Waals surface area contributed by atoms with Crippen LogP contribution in [0.2, 0.25) is 0 Å². The molecule has 0 fully saturated rings. The monoisotopic (exact) mass is 349 g/mol. The summed E-state index contributed by atoms with van der Waals surface area (Å²) < 4.78 is 28.1. The van der Waals surface area contributed by atoms with Crippen LogP contribution in [-0.2, 0) is 0 Å². The van der Waals surface area contributed by atoms with Gasteiger partial charge in [0.05, 0.1) is 16.8 Å². The summed E-state index contributed by atoms with van der Waals surface area (Å²) in [5, 5.41) is 11.2. The molecular formula is C16H10BrF2NO. The third kappa shape index (κ3) is 2.54. The van der Waals surface area contributed by atoms with Crippen LogP contribution in [0.5, 0.6) is 0 Å². The summed E-state index contributed by atoms with van der Waals surface area (Å²) in [6.07, 6.45) is -1.48. The van der Waals surface area contributed by atoms with Crippen molar-refractivity contribution < 1.29 is 13.9 Å². The van der Waals surface area contributed by atoms with Gasteiger partial charge in [-0.1, -0.05) is 24.3 Å². The molecule has 0 spiro atoms. The van der Waals surface area contributed by atoms with E-state index < -0.39 is 23.3 Å². The van der Waals surface area contributed by atoms with Crippen molar-refractivity contribution in [2.45, 2.75) is 6.10 Å². The van der Waals surface area contributed by atoms with Crippen molar-refractivity contribution in [3.63, 3.8) is 0 Å². The number of para-hydroxylation sites is 1. The number of aliphatic hydroxyl groups excluding tert-OH is 1. The Morgan fingerprint density at radius 1 is 1.00 bits per heavy atom. The average molecular weight is 350 g/mol. The molecule has 0 bridgehead atoms. The van der Waals surface area contributed by atoms with E-state index in [1.807, 2.05) is 18.2 Å². The van der Waals surface area contributed by atoms with E-state index in [2.05, 4.69) is 20.9 Å². The zero-order chi connectivity index (χ0) is 15.0. The molecule has 5 heteroatoms. The van der Waals surface area contributed by atoms with Gasteiger partial charge in [-0.05, 0) is 40.2 Å². The number of hydrogen-bond donors (Lipinski definition) is 1. The smallest absolute Gasteiger partial charge is 0.132 e. The second kappa shape index (κ2) is 5.50. The molecule has 0 aliphatic rings. The summed E-state index contributed by atoms with van der Waals surface area (Å²) in [4.78, 5) is 4.30. The Kier molecular flexibility index (Phi) is 3.69. The van der Waals surface area contributed by atoms with E-state index in [1.54, 1.807) is 12.1 Å². The third-order valence-corrected chi connectivity index (χ3v) is 3.87. The number of nitrogens with zero attached hydrogens (tertiary/aromatic N) is 1. The van der Waals surface area contributed by atoms with Crippen LogP contribution < -0.4 is 0 Å². The number of aliphatic hydroxyl groups is 1. The van der Waals surface area contributed by atoms with E-state index in [-0.39, 0.29) is 5.69 Å². The van der Waals surface area contributed by atoms with Gasteiger partial charge in [-0.3, -0.25) is 0 Å². The van der Waals surface area contributed by atoms with Gasteiger partial charge < -0.3 is 5.11 Å². The van der Waals surface area contributed by atoms with Crippen LogP contribution in [-0.4, -0.2) is 10.1 Å². The maximum atomic E-state index is 13.8. The highest BCUT2D eigenvalue weighted by Crippen LogP contribution is 2.32. The minimum absolute atomic E-state index is 0.178. The first-order valence-corrected chi connectivity index (χ1v) is 7.04. The molecule has 1 N–H and O–H groups in total. The number of hydrogen-bond acceptors (Lipinski definition) is 2. The number of aromatic nitrogens is 1. The first-order valence-electron chi connectivity index (χ1n) is 6.25. The number of benzene rings is 2. The summed E-state index contributed by atoms with van der Waals surface area (Å²) in [6, 6.07) is 12.5. The normalized spacial score (nSPS) is 12.6. The first-order chi connectivity index (χ1) is 10.1. The number of pyridine rings is 1. The third-order valence-electron chi connectivity index (χ3n) is 3.24. The summed E-state index contributed by atoms with van der Waals surface area (Å²) in [5.74, 6) is -1.60. The lowest BCUT2D eigenvalue weighted by molar-refractivity contribution is 0.204. The van der Waals surface area contributed by atoms with Crippen molar-refractivity contribution in [3.05, 3.63) is 75.9 Å². The summed E-state index contributed by atoms with van der Waals surface area (Å²) in [7, 11) is 0. The van der Waals surface area contributed by atoms with Crippen molar-refractivity contribution in [3.8, 4) is 0 Å². The summed E-state index contributed by atoms with van der Waals surface area (Å²) in [6.45, 7) is 0. The molecule has 0 aliphatic heterocycles. The molecule has 1 atom stereocenters. The minimum atomic E-state index is -1.48. The van der Waals surface area contributed by atoms with Crippen molar-refractivity contribution in [2.24, 2.45) is 0 Å². The fourth-order valence-electron chi connectivity index (χ4n) is 2.21. The largest absolute Gasteiger partial charge is 0.382 e. The molecule has 2 aromatic carbocycles. The van der Waals surface area contributed by atoms with E-state index in [9.17, 15) is 13.9 Å². The number of fused-ring (bicyclic) bond motifs is 1. The topological polar surface area (TPSA) is 33.1 Å². The first kappa shape index (κ1) is 14.1. The molecule has 1 unspecified atom stereocenters. The Hall–Kier alpha value is -1.85. The van der Waals surface area contributed by atoms with Gasteiger partial charge >= 0.3 is 0 Å². The van der Waals surface area contributed by atoms with Crippen LogP contribution in [0.3, 0.4) is 0 Å². The molecule has 0 aliphatic carbocycles. The SMILES string of the molecule is OC(c1nc2ccccc2cc1Br)c1c(F)cccc1F. The Morgan fingerprint density at radius 2 is 1.67 bits per heavy atom. The predicted molar refractivity (Wildman–Crippen MR) is 79.9 cm³/mol. The van der Waals surface area contributed by atoms with Gasteiger partial charge in [0.25, 0.3) is 0 Å². The lowest BCUT2D eigenvalue weighted by Gasteiger charge is -2.15. The molecule has 21 heavy (non-hydrogen) atoms. The van der Waals surface area contributed by atoms with E-state index in [0.29, 0.717) is 9.99 Å². The fourth-order valence-corrected chi connectivity index (χ4v) is 2.76. The van der Waals surface area contributed by atoms with Crippen molar-refractivity contribution in [1.82, 2.24) is 4.98 Å². The van der Waals surface area contributed by atoms with Crippen LogP contribution in [0.4, 0.5) is 8.78 Å². The van der Waals surface area contributed by atoms with Gasteiger partial charge in [-0.15, -0.1) is 0 Å². The molecule has 1 heterocycles. The lowest BCUT2D eigenvalue weighted by Crippen LogP contribution is -2.08. The van der Waals surface area contributed by atoms with Gasteiger partial charge in [-0.25, -0.2) is 13.8 Å². The molecule has 2 nitrogen and oxygen atoms in total.